The fraction of sp³-hybridized carbons (Fsp3) is 0.909. The molecule has 2 amide bonds. The monoisotopic (exact) mass is 211 g/mol. The van der Waals surface area contributed by atoms with Crippen LogP contribution in [-0.4, -0.2) is 43.7 Å². The number of rotatable bonds is 1. The van der Waals surface area contributed by atoms with Crippen molar-refractivity contribution in [1.29, 1.82) is 0 Å². The summed E-state index contributed by atoms with van der Waals surface area (Å²) >= 11 is 0. The van der Waals surface area contributed by atoms with Gasteiger partial charge in [0.15, 0.2) is 0 Å². The molecule has 2 rings (SSSR count). The minimum Gasteiger partial charge on any atom is -0.338 e. The molecule has 0 aromatic rings. The minimum atomic E-state index is 0.110. The van der Waals surface area contributed by atoms with E-state index in [1.165, 1.54) is 6.42 Å². The van der Waals surface area contributed by atoms with E-state index in [1.807, 2.05) is 11.8 Å². The van der Waals surface area contributed by atoms with E-state index < -0.39 is 0 Å². The number of piperidine rings is 1. The normalized spacial score (nSPS) is 24.5. The molecule has 0 aromatic heterocycles. The number of carbonyl (C=O) groups excluding carboxylic acids is 1. The molecule has 2 aliphatic heterocycles. The molecule has 4 heteroatoms. The molecule has 86 valence electrons. The maximum absolute atomic E-state index is 11.6. The van der Waals surface area contributed by atoms with E-state index in [4.69, 9.17) is 0 Å². The lowest BCUT2D eigenvalue weighted by Gasteiger charge is -2.38. The van der Waals surface area contributed by atoms with Gasteiger partial charge >= 0.3 is 6.03 Å². The first-order valence-electron chi connectivity index (χ1n) is 5.99. The van der Waals surface area contributed by atoms with E-state index >= 15 is 0 Å². The van der Waals surface area contributed by atoms with Gasteiger partial charge in [0, 0.05) is 26.2 Å². The van der Waals surface area contributed by atoms with Gasteiger partial charge in [-0.2, -0.15) is 0 Å². The molecule has 0 atom stereocenters. The van der Waals surface area contributed by atoms with Gasteiger partial charge in [0.05, 0.1) is 0 Å². The summed E-state index contributed by atoms with van der Waals surface area (Å²) in [5.41, 5.74) is 0.503. The van der Waals surface area contributed by atoms with E-state index in [1.54, 1.807) is 0 Å². The largest absolute Gasteiger partial charge is 0.338 e. The topological polar surface area (TPSA) is 44.4 Å². The highest BCUT2D eigenvalue weighted by Crippen LogP contribution is 2.36. The molecule has 0 aromatic carbocycles. The lowest BCUT2D eigenvalue weighted by Crippen LogP contribution is -2.47. The molecule has 2 N–H and O–H groups in total. The van der Waals surface area contributed by atoms with Gasteiger partial charge in [0.25, 0.3) is 0 Å². The molecule has 15 heavy (non-hydrogen) atoms. The summed E-state index contributed by atoms with van der Waals surface area (Å²) < 4.78 is 0. The van der Waals surface area contributed by atoms with Crippen molar-refractivity contribution in [3.8, 4) is 0 Å². The van der Waals surface area contributed by atoms with Crippen LogP contribution in [0.1, 0.15) is 26.2 Å². The van der Waals surface area contributed by atoms with Crippen molar-refractivity contribution >= 4 is 6.03 Å². The molecule has 0 radical (unpaired) electrons. The second-order valence-electron chi connectivity index (χ2n) is 4.75. The third-order valence-electron chi connectivity index (χ3n) is 3.77. The second-order valence-corrected chi connectivity index (χ2v) is 4.75. The Morgan fingerprint density at radius 1 is 1.40 bits per heavy atom. The van der Waals surface area contributed by atoms with Crippen molar-refractivity contribution in [2.75, 3.05) is 32.7 Å². The van der Waals surface area contributed by atoms with Crippen LogP contribution < -0.4 is 10.6 Å². The van der Waals surface area contributed by atoms with Crippen molar-refractivity contribution in [3.05, 3.63) is 0 Å². The zero-order valence-corrected chi connectivity index (χ0v) is 9.51. The molecular weight excluding hydrogens is 190 g/mol. The number of amides is 2. The van der Waals surface area contributed by atoms with E-state index in [0.717, 1.165) is 45.6 Å². The third-order valence-corrected chi connectivity index (χ3v) is 3.77. The average Bonchev–Trinajstić information content (AvgIpc) is 2.68. The van der Waals surface area contributed by atoms with Crippen LogP contribution in [0.15, 0.2) is 0 Å². The molecule has 0 bridgehead atoms. The SMILES string of the molecule is CCNC(=O)N1CCC2(CCNC2)CC1. The fourth-order valence-corrected chi connectivity index (χ4v) is 2.67. The summed E-state index contributed by atoms with van der Waals surface area (Å²) in [6, 6.07) is 0.110. The third kappa shape index (κ3) is 2.25. The van der Waals surface area contributed by atoms with Crippen LogP contribution in [0.5, 0.6) is 0 Å². The zero-order valence-electron chi connectivity index (χ0n) is 9.51. The Morgan fingerprint density at radius 2 is 2.13 bits per heavy atom. The van der Waals surface area contributed by atoms with Gasteiger partial charge in [-0.3, -0.25) is 0 Å². The van der Waals surface area contributed by atoms with Gasteiger partial charge < -0.3 is 15.5 Å². The van der Waals surface area contributed by atoms with E-state index in [9.17, 15) is 4.79 Å². The minimum absolute atomic E-state index is 0.110. The lowest BCUT2D eigenvalue weighted by atomic mass is 9.78. The highest BCUT2D eigenvalue weighted by molar-refractivity contribution is 5.74. The van der Waals surface area contributed by atoms with Gasteiger partial charge in [-0.15, -0.1) is 0 Å². The van der Waals surface area contributed by atoms with Crippen LogP contribution >= 0.6 is 0 Å². The Hall–Kier alpha value is -0.770. The molecule has 0 unspecified atom stereocenters. The van der Waals surface area contributed by atoms with Crippen LogP contribution in [0, 0.1) is 5.41 Å². The van der Waals surface area contributed by atoms with Crippen molar-refractivity contribution in [2.45, 2.75) is 26.2 Å². The Bertz CT molecular complexity index is 226. The highest BCUT2D eigenvalue weighted by Gasteiger charge is 2.37. The van der Waals surface area contributed by atoms with E-state index in [2.05, 4.69) is 10.6 Å². The summed E-state index contributed by atoms with van der Waals surface area (Å²) in [6.07, 6.45) is 3.62. The van der Waals surface area contributed by atoms with Crippen molar-refractivity contribution in [1.82, 2.24) is 15.5 Å². The molecule has 0 saturated carbocycles. The van der Waals surface area contributed by atoms with Gasteiger partial charge in [-0.25, -0.2) is 4.79 Å². The Labute approximate surface area is 91.4 Å². The fourth-order valence-electron chi connectivity index (χ4n) is 2.67. The molecule has 2 heterocycles. The summed E-state index contributed by atoms with van der Waals surface area (Å²) in [6.45, 7) is 6.84. The molecule has 4 nitrogen and oxygen atoms in total. The summed E-state index contributed by atoms with van der Waals surface area (Å²) in [5.74, 6) is 0. The standard InChI is InChI=1S/C11H21N3O/c1-2-13-10(15)14-7-4-11(5-8-14)3-6-12-9-11/h12H,2-9H2,1H3,(H,13,15). The number of likely N-dealkylation sites (tertiary alicyclic amines) is 1. The number of hydrogen-bond acceptors (Lipinski definition) is 2. The van der Waals surface area contributed by atoms with Gasteiger partial charge in [0.1, 0.15) is 0 Å². The van der Waals surface area contributed by atoms with Crippen LogP contribution in [0.3, 0.4) is 0 Å². The molecule has 2 aliphatic rings. The van der Waals surface area contributed by atoms with Gasteiger partial charge in [0.2, 0.25) is 0 Å². The lowest BCUT2D eigenvalue weighted by molar-refractivity contribution is 0.130. The molecular formula is C11H21N3O. The quantitative estimate of drug-likeness (QED) is 0.673. The zero-order chi connectivity index (χ0) is 10.7. The number of nitrogens with one attached hydrogen (secondary N) is 2. The number of nitrogens with zero attached hydrogens (tertiary/aromatic N) is 1. The van der Waals surface area contributed by atoms with Gasteiger partial charge in [-0.1, -0.05) is 0 Å². The van der Waals surface area contributed by atoms with Crippen LogP contribution in [0.4, 0.5) is 4.79 Å². The Balaban J connectivity index is 1.83. The van der Waals surface area contributed by atoms with Crippen molar-refractivity contribution in [2.24, 2.45) is 5.41 Å². The predicted octanol–water partition coefficient (Wildman–Crippen LogP) is 0.791. The molecule has 1 spiro atoms. The molecule has 0 aliphatic carbocycles. The van der Waals surface area contributed by atoms with Gasteiger partial charge in [-0.05, 0) is 38.1 Å². The van der Waals surface area contributed by atoms with Crippen LogP contribution in [-0.2, 0) is 0 Å². The van der Waals surface area contributed by atoms with Crippen molar-refractivity contribution < 1.29 is 4.79 Å². The van der Waals surface area contributed by atoms with Crippen molar-refractivity contribution in [3.63, 3.8) is 0 Å². The second kappa shape index (κ2) is 4.39. The van der Waals surface area contributed by atoms with Crippen LogP contribution in [0.2, 0.25) is 0 Å². The molecule has 2 saturated heterocycles. The number of urea groups is 1. The predicted molar refractivity (Wildman–Crippen MR) is 59.8 cm³/mol. The number of carbonyl (C=O) groups is 1. The summed E-state index contributed by atoms with van der Waals surface area (Å²) in [4.78, 5) is 13.6. The summed E-state index contributed by atoms with van der Waals surface area (Å²) in [5, 5.41) is 6.30. The number of hydrogen-bond donors (Lipinski definition) is 2. The summed E-state index contributed by atoms with van der Waals surface area (Å²) in [7, 11) is 0. The Morgan fingerprint density at radius 3 is 2.67 bits per heavy atom. The van der Waals surface area contributed by atoms with Crippen LogP contribution in [0.25, 0.3) is 0 Å². The first-order valence-corrected chi connectivity index (χ1v) is 5.99. The highest BCUT2D eigenvalue weighted by atomic mass is 16.2. The smallest absolute Gasteiger partial charge is 0.317 e. The van der Waals surface area contributed by atoms with E-state index in [0.29, 0.717) is 5.41 Å². The maximum Gasteiger partial charge on any atom is 0.317 e. The average molecular weight is 211 g/mol. The Kier molecular flexibility index (Phi) is 3.14. The maximum atomic E-state index is 11.6. The first kappa shape index (κ1) is 10.7. The first-order chi connectivity index (χ1) is 7.26. The van der Waals surface area contributed by atoms with E-state index in [-0.39, 0.29) is 6.03 Å². The molecule has 2 fully saturated rings.